The number of hydrogen-bond acceptors (Lipinski definition) is 8. The van der Waals surface area contributed by atoms with Crippen molar-refractivity contribution >= 4 is 21.6 Å². The van der Waals surface area contributed by atoms with Crippen LogP contribution in [0.3, 0.4) is 0 Å². The lowest BCUT2D eigenvalue weighted by atomic mass is 10.0. The van der Waals surface area contributed by atoms with Crippen LogP contribution in [0.15, 0.2) is 71.9 Å². The van der Waals surface area contributed by atoms with E-state index in [-0.39, 0.29) is 30.2 Å². The van der Waals surface area contributed by atoms with Crippen LogP contribution in [0.4, 0.5) is 5.69 Å². The first-order chi connectivity index (χ1) is 15.9. The van der Waals surface area contributed by atoms with E-state index in [1.807, 2.05) is 30.3 Å². The summed E-state index contributed by atoms with van der Waals surface area (Å²) in [6, 6.07) is 12.5. The van der Waals surface area contributed by atoms with Crippen LogP contribution in [0, 0.1) is 10.1 Å². The first-order valence-electron chi connectivity index (χ1n) is 9.87. The van der Waals surface area contributed by atoms with E-state index in [1.54, 1.807) is 0 Å². The standard InChI is InChI=1S/C21H19N5O6S/c27-21(24-32-14-15-4-2-1-3-5-15)20-12-18-19(23-11-10-22-18)13-25(20)33(30,31)17-8-6-16(7-9-17)26(28)29/h1-11,20H,12-14H2,(H,24,27). The maximum absolute atomic E-state index is 13.4. The molecule has 2 heterocycles. The van der Waals surface area contributed by atoms with Crippen LogP contribution in [0.5, 0.6) is 0 Å². The van der Waals surface area contributed by atoms with Crippen LogP contribution >= 0.6 is 0 Å². The summed E-state index contributed by atoms with van der Waals surface area (Å²) in [5.41, 5.74) is 3.85. The SMILES string of the molecule is O=C(NOCc1ccccc1)C1Cc2nccnc2CN1S(=O)(=O)c1ccc([N+](=O)[O-])cc1. The lowest BCUT2D eigenvalue weighted by molar-refractivity contribution is -0.384. The van der Waals surface area contributed by atoms with E-state index in [4.69, 9.17) is 4.84 Å². The predicted octanol–water partition coefficient (Wildman–Crippen LogP) is 1.75. The third kappa shape index (κ3) is 4.87. The first kappa shape index (κ1) is 22.5. The number of non-ortho nitro benzene ring substituents is 1. The van der Waals surface area contributed by atoms with E-state index in [9.17, 15) is 23.3 Å². The van der Waals surface area contributed by atoms with Gasteiger partial charge in [0, 0.05) is 30.9 Å². The molecule has 3 aromatic rings. The third-order valence-electron chi connectivity index (χ3n) is 5.11. The topological polar surface area (TPSA) is 145 Å². The lowest BCUT2D eigenvalue weighted by Gasteiger charge is -2.33. The smallest absolute Gasteiger partial charge is 0.269 e. The van der Waals surface area contributed by atoms with Gasteiger partial charge in [0.05, 0.1) is 34.4 Å². The Bertz CT molecular complexity index is 1270. The molecule has 2 aromatic carbocycles. The molecule has 1 N–H and O–H groups in total. The second kappa shape index (κ2) is 9.40. The van der Waals surface area contributed by atoms with Crippen LogP contribution in [-0.4, -0.2) is 39.6 Å². The van der Waals surface area contributed by atoms with Gasteiger partial charge in [0.25, 0.3) is 11.6 Å². The Kier molecular flexibility index (Phi) is 6.40. The third-order valence-corrected chi connectivity index (χ3v) is 6.98. The summed E-state index contributed by atoms with van der Waals surface area (Å²) >= 11 is 0. The van der Waals surface area contributed by atoms with E-state index in [2.05, 4.69) is 15.4 Å². The number of aromatic nitrogens is 2. The van der Waals surface area contributed by atoms with Crippen molar-refractivity contribution in [2.24, 2.45) is 0 Å². The second-order valence-corrected chi connectivity index (χ2v) is 9.10. The number of nitrogens with zero attached hydrogens (tertiary/aromatic N) is 4. The number of carbonyl (C=O) groups is 1. The molecule has 11 nitrogen and oxygen atoms in total. The molecule has 1 unspecified atom stereocenters. The zero-order valence-electron chi connectivity index (χ0n) is 17.2. The van der Waals surface area contributed by atoms with Crippen LogP contribution in [0.1, 0.15) is 17.0 Å². The van der Waals surface area contributed by atoms with Crippen molar-refractivity contribution in [3.8, 4) is 0 Å². The molecule has 0 saturated carbocycles. The largest absolute Gasteiger partial charge is 0.271 e. The van der Waals surface area contributed by atoms with Gasteiger partial charge in [0.15, 0.2) is 0 Å². The Morgan fingerprint density at radius 2 is 1.76 bits per heavy atom. The summed E-state index contributed by atoms with van der Waals surface area (Å²) in [6.07, 6.45) is 2.91. The number of fused-ring (bicyclic) bond motifs is 1. The number of nitrogens with one attached hydrogen (secondary N) is 1. The fraction of sp³-hybridized carbons (Fsp3) is 0.190. The van der Waals surface area contributed by atoms with Gasteiger partial charge in [0.1, 0.15) is 6.04 Å². The Labute approximate surface area is 189 Å². The highest BCUT2D eigenvalue weighted by Gasteiger charge is 2.41. The van der Waals surface area contributed by atoms with E-state index in [1.165, 1.54) is 12.4 Å². The number of nitro groups is 1. The van der Waals surface area contributed by atoms with Gasteiger partial charge in [-0.3, -0.25) is 29.7 Å². The fourth-order valence-electron chi connectivity index (χ4n) is 3.42. The summed E-state index contributed by atoms with van der Waals surface area (Å²) in [6.45, 7) is -0.0793. The molecule has 1 amide bonds. The zero-order chi connectivity index (χ0) is 23.4. The predicted molar refractivity (Wildman–Crippen MR) is 115 cm³/mol. The van der Waals surface area contributed by atoms with Gasteiger partial charge in [-0.15, -0.1) is 0 Å². The van der Waals surface area contributed by atoms with E-state index in [0.717, 1.165) is 34.1 Å². The molecule has 0 radical (unpaired) electrons. The zero-order valence-corrected chi connectivity index (χ0v) is 18.0. The molecule has 0 fully saturated rings. The average molecular weight is 469 g/mol. The molecule has 4 rings (SSSR count). The highest BCUT2D eigenvalue weighted by molar-refractivity contribution is 7.89. The minimum Gasteiger partial charge on any atom is -0.271 e. The molecule has 1 aromatic heterocycles. The Balaban J connectivity index is 1.59. The van der Waals surface area contributed by atoms with Crippen molar-refractivity contribution < 1.29 is 23.0 Å². The molecule has 0 aliphatic carbocycles. The molecule has 1 aliphatic rings. The second-order valence-electron chi connectivity index (χ2n) is 7.21. The Morgan fingerprint density at radius 1 is 1.09 bits per heavy atom. The quantitative estimate of drug-likeness (QED) is 0.407. The van der Waals surface area contributed by atoms with Gasteiger partial charge in [-0.05, 0) is 17.7 Å². The molecular weight excluding hydrogens is 450 g/mol. The number of hydroxylamine groups is 1. The molecule has 170 valence electrons. The molecule has 0 bridgehead atoms. The summed E-state index contributed by atoms with van der Waals surface area (Å²) < 4.78 is 27.8. The van der Waals surface area contributed by atoms with E-state index >= 15 is 0 Å². The van der Waals surface area contributed by atoms with Crippen LogP contribution in [-0.2, 0) is 39.2 Å². The highest BCUT2D eigenvalue weighted by Crippen LogP contribution is 2.28. The van der Waals surface area contributed by atoms with Gasteiger partial charge < -0.3 is 0 Å². The average Bonchev–Trinajstić information content (AvgIpc) is 2.84. The Hall–Kier alpha value is -3.74. The molecule has 1 atom stereocenters. The van der Waals surface area contributed by atoms with Crippen molar-refractivity contribution in [1.82, 2.24) is 19.8 Å². The molecule has 0 saturated heterocycles. The van der Waals surface area contributed by atoms with Crippen LogP contribution in [0.25, 0.3) is 0 Å². The van der Waals surface area contributed by atoms with E-state index in [0.29, 0.717) is 11.4 Å². The normalized spacial score (nSPS) is 16.1. The van der Waals surface area contributed by atoms with Gasteiger partial charge in [-0.25, -0.2) is 13.9 Å². The summed E-state index contributed by atoms with van der Waals surface area (Å²) in [4.78, 5) is 36.8. The molecule has 33 heavy (non-hydrogen) atoms. The van der Waals surface area contributed by atoms with Gasteiger partial charge in [0.2, 0.25) is 10.0 Å². The molecule has 1 aliphatic heterocycles. The highest BCUT2D eigenvalue weighted by atomic mass is 32.2. The van der Waals surface area contributed by atoms with Gasteiger partial charge in [-0.2, -0.15) is 4.31 Å². The van der Waals surface area contributed by atoms with Crippen molar-refractivity contribution in [1.29, 1.82) is 0 Å². The van der Waals surface area contributed by atoms with Gasteiger partial charge >= 0.3 is 0 Å². The lowest BCUT2D eigenvalue weighted by Crippen LogP contribution is -2.52. The monoisotopic (exact) mass is 469 g/mol. The maximum atomic E-state index is 13.4. The number of benzene rings is 2. The first-order valence-corrected chi connectivity index (χ1v) is 11.3. The number of rotatable bonds is 7. The minimum atomic E-state index is -4.19. The van der Waals surface area contributed by atoms with Crippen LogP contribution < -0.4 is 5.48 Å². The minimum absolute atomic E-state index is 0.00405. The van der Waals surface area contributed by atoms with Crippen molar-refractivity contribution in [2.45, 2.75) is 30.5 Å². The number of sulfonamides is 1. The fourth-order valence-corrected chi connectivity index (χ4v) is 4.97. The molecular formula is C21H19N5O6S. The van der Waals surface area contributed by atoms with Crippen molar-refractivity contribution in [3.05, 3.63) is 94.1 Å². The Morgan fingerprint density at radius 3 is 2.42 bits per heavy atom. The number of carbonyl (C=O) groups excluding carboxylic acids is 1. The molecule has 0 spiro atoms. The number of nitro benzene ring substituents is 1. The number of amides is 1. The molecule has 12 heteroatoms. The summed E-state index contributed by atoms with van der Waals surface area (Å²) in [5, 5.41) is 10.9. The van der Waals surface area contributed by atoms with E-state index < -0.39 is 26.9 Å². The maximum Gasteiger partial charge on any atom is 0.269 e. The summed E-state index contributed by atoms with van der Waals surface area (Å²) in [7, 11) is -4.19. The van der Waals surface area contributed by atoms with Crippen molar-refractivity contribution in [3.63, 3.8) is 0 Å². The summed E-state index contributed by atoms with van der Waals surface area (Å²) in [5.74, 6) is -0.660. The van der Waals surface area contributed by atoms with Gasteiger partial charge in [-0.1, -0.05) is 30.3 Å². The van der Waals surface area contributed by atoms with Crippen molar-refractivity contribution in [2.75, 3.05) is 0 Å². The van der Waals surface area contributed by atoms with Crippen LogP contribution in [0.2, 0.25) is 0 Å². The number of hydrogen-bond donors (Lipinski definition) is 1.